The Kier molecular flexibility index (Phi) is 7.36. The molecule has 1 N–H and O–H groups in total. The van der Waals surface area contributed by atoms with E-state index >= 15 is 0 Å². The zero-order valence-corrected chi connectivity index (χ0v) is 24.5. The molecule has 0 radical (unpaired) electrons. The predicted molar refractivity (Wildman–Crippen MR) is 154 cm³/mol. The van der Waals surface area contributed by atoms with Crippen molar-refractivity contribution in [3.05, 3.63) is 52.2 Å². The van der Waals surface area contributed by atoms with E-state index in [9.17, 15) is 14.7 Å². The number of anilines is 2. The molecule has 2 aromatic heterocycles. The van der Waals surface area contributed by atoms with E-state index in [0.717, 1.165) is 34.1 Å². The summed E-state index contributed by atoms with van der Waals surface area (Å²) in [7, 11) is 1.78. The third kappa shape index (κ3) is 4.83. The standard InChI is InChI=1S/C30H31BrN4O5/c1-6-8-26(36)35(24-13-17(3)22(31)14-21(24)19-9-10-19)25-12-11-23-27(32-25)28(33-34(23)5)40-20-15-30(16-20,29(37)38)18(4)39-7-2/h11-14,19-20H,4,7,9-10,15-16H2,1-3,5H3,(H,37,38). The number of aliphatic carboxylic acids is 1. The van der Waals surface area contributed by atoms with Crippen molar-refractivity contribution in [2.24, 2.45) is 12.5 Å². The summed E-state index contributed by atoms with van der Waals surface area (Å²) in [6.45, 7) is 9.59. The van der Waals surface area contributed by atoms with Gasteiger partial charge in [0.25, 0.3) is 5.88 Å². The Hall–Kier alpha value is -3.84. The number of nitrogens with zero attached hydrogens (tertiary/aromatic N) is 4. The smallest absolute Gasteiger partial charge is 0.317 e. The van der Waals surface area contributed by atoms with Gasteiger partial charge in [-0.1, -0.05) is 28.4 Å². The Bertz CT molecular complexity index is 1590. The molecule has 0 atom stereocenters. The molecule has 40 heavy (non-hydrogen) atoms. The third-order valence-electron chi connectivity index (χ3n) is 7.57. The Morgan fingerprint density at radius 3 is 2.65 bits per heavy atom. The second-order valence-electron chi connectivity index (χ2n) is 10.3. The number of carboxylic acids is 1. The summed E-state index contributed by atoms with van der Waals surface area (Å²) in [5.41, 5.74) is 2.82. The van der Waals surface area contributed by atoms with Gasteiger partial charge in [0.05, 0.1) is 17.8 Å². The summed E-state index contributed by atoms with van der Waals surface area (Å²) in [5.74, 6) is 5.31. The van der Waals surface area contributed by atoms with E-state index in [1.54, 1.807) is 36.5 Å². The van der Waals surface area contributed by atoms with Crippen molar-refractivity contribution in [3.63, 3.8) is 0 Å². The van der Waals surface area contributed by atoms with Crippen LogP contribution in [0.1, 0.15) is 56.6 Å². The molecule has 10 heteroatoms. The van der Waals surface area contributed by atoms with Crippen LogP contribution in [0.5, 0.6) is 5.88 Å². The van der Waals surface area contributed by atoms with Crippen LogP contribution in [0.2, 0.25) is 0 Å². The lowest BCUT2D eigenvalue weighted by atomic mass is 9.65. The minimum absolute atomic E-state index is 0.207. The first-order chi connectivity index (χ1) is 19.1. The largest absolute Gasteiger partial charge is 0.498 e. The Morgan fingerprint density at radius 2 is 2.02 bits per heavy atom. The van der Waals surface area contributed by atoms with Gasteiger partial charge in [-0.25, -0.2) is 4.98 Å². The second-order valence-corrected chi connectivity index (χ2v) is 11.2. The minimum atomic E-state index is -1.19. The molecule has 9 nitrogen and oxygen atoms in total. The molecule has 208 valence electrons. The van der Waals surface area contributed by atoms with Gasteiger partial charge in [-0.15, -0.1) is 5.10 Å². The van der Waals surface area contributed by atoms with Crippen LogP contribution in [-0.4, -0.2) is 44.5 Å². The maximum absolute atomic E-state index is 13.4. The molecule has 0 unspecified atom stereocenters. The van der Waals surface area contributed by atoms with E-state index in [2.05, 4.69) is 45.5 Å². The number of rotatable bonds is 9. The molecule has 2 aliphatic rings. The average Bonchev–Trinajstić information content (AvgIpc) is 3.68. The molecule has 1 aromatic carbocycles. The third-order valence-corrected chi connectivity index (χ3v) is 8.43. The summed E-state index contributed by atoms with van der Waals surface area (Å²) in [4.78, 5) is 31.9. The second kappa shape index (κ2) is 10.6. The number of benzene rings is 1. The van der Waals surface area contributed by atoms with E-state index in [-0.39, 0.29) is 30.4 Å². The number of aryl methyl sites for hydroxylation is 2. The normalized spacial score (nSPS) is 19.8. The van der Waals surface area contributed by atoms with Crippen molar-refractivity contribution in [1.82, 2.24) is 14.8 Å². The number of halogens is 1. The van der Waals surface area contributed by atoms with Gasteiger partial charge in [0.2, 0.25) is 0 Å². The Labute approximate surface area is 241 Å². The lowest BCUT2D eigenvalue weighted by Crippen LogP contribution is -2.50. The van der Waals surface area contributed by atoms with Gasteiger partial charge in [0, 0.05) is 24.4 Å². The summed E-state index contributed by atoms with van der Waals surface area (Å²) < 4.78 is 14.3. The highest BCUT2D eigenvalue weighted by molar-refractivity contribution is 9.10. The molecule has 0 bridgehead atoms. The van der Waals surface area contributed by atoms with Crippen molar-refractivity contribution in [2.45, 2.75) is 58.5 Å². The zero-order valence-electron chi connectivity index (χ0n) is 23.0. The summed E-state index contributed by atoms with van der Waals surface area (Å²) in [5, 5.41) is 14.4. The Balaban J connectivity index is 1.52. The molecule has 0 aliphatic heterocycles. The number of carbonyl (C=O) groups is 2. The van der Waals surface area contributed by atoms with Crippen LogP contribution in [0.3, 0.4) is 0 Å². The first-order valence-corrected chi connectivity index (χ1v) is 14.0. The SMILES string of the molecule is C=C(OCC)C1(C(=O)O)CC(Oc2nn(C)c3ccc(N(C(=O)C#CC)c4cc(C)c(Br)cc4C4CC4)nc23)C1. The molecule has 2 saturated carbocycles. The van der Waals surface area contributed by atoms with Crippen molar-refractivity contribution in [1.29, 1.82) is 0 Å². The number of carbonyl (C=O) groups excluding carboxylic acids is 1. The quantitative estimate of drug-likeness (QED) is 0.243. The molecule has 5 rings (SSSR count). The number of hydrogen-bond acceptors (Lipinski definition) is 6. The highest BCUT2D eigenvalue weighted by atomic mass is 79.9. The first-order valence-electron chi connectivity index (χ1n) is 13.2. The molecular formula is C30H31BrN4O5. The maximum Gasteiger partial charge on any atom is 0.317 e. The van der Waals surface area contributed by atoms with Crippen LogP contribution in [0.4, 0.5) is 11.5 Å². The van der Waals surface area contributed by atoms with Crippen molar-refractivity contribution in [3.8, 4) is 17.7 Å². The lowest BCUT2D eigenvalue weighted by Gasteiger charge is -2.43. The highest BCUT2D eigenvalue weighted by Crippen LogP contribution is 2.50. The van der Waals surface area contributed by atoms with E-state index in [1.807, 2.05) is 19.1 Å². The first kappa shape index (κ1) is 27.7. The van der Waals surface area contributed by atoms with Gasteiger partial charge in [0.1, 0.15) is 23.1 Å². The van der Waals surface area contributed by atoms with Gasteiger partial charge < -0.3 is 14.6 Å². The number of carboxylic acid groups (broad SMARTS) is 1. The van der Waals surface area contributed by atoms with Crippen molar-refractivity contribution < 1.29 is 24.2 Å². The summed E-state index contributed by atoms with van der Waals surface area (Å²) >= 11 is 3.64. The van der Waals surface area contributed by atoms with Crippen LogP contribution in [0.25, 0.3) is 11.0 Å². The summed E-state index contributed by atoms with van der Waals surface area (Å²) in [6, 6.07) is 7.70. The number of aromatic nitrogens is 3. The van der Waals surface area contributed by atoms with Gasteiger partial charge in [-0.2, -0.15) is 0 Å². The predicted octanol–water partition coefficient (Wildman–Crippen LogP) is 5.77. The van der Waals surface area contributed by atoms with E-state index in [0.29, 0.717) is 29.4 Å². The van der Waals surface area contributed by atoms with E-state index in [4.69, 9.17) is 14.5 Å². The zero-order chi connectivity index (χ0) is 28.8. The van der Waals surface area contributed by atoms with Crippen LogP contribution in [-0.2, 0) is 21.4 Å². The van der Waals surface area contributed by atoms with Crippen molar-refractivity contribution in [2.75, 3.05) is 11.5 Å². The number of fused-ring (bicyclic) bond motifs is 1. The average molecular weight is 608 g/mol. The summed E-state index contributed by atoms with van der Waals surface area (Å²) in [6.07, 6.45) is 2.13. The topological polar surface area (TPSA) is 107 Å². The fourth-order valence-corrected chi connectivity index (χ4v) is 5.55. The number of hydrogen-bond donors (Lipinski definition) is 1. The number of pyridine rings is 1. The number of amides is 1. The molecule has 0 saturated heterocycles. The molecule has 1 amide bonds. The van der Waals surface area contributed by atoms with Crippen LogP contribution in [0, 0.1) is 24.2 Å². The maximum atomic E-state index is 13.4. The molecule has 2 heterocycles. The van der Waals surface area contributed by atoms with Gasteiger partial charge in [0.15, 0.2) is 5.52 Å². The van der Waals surface area contributed by atoms with Gasteiger partial charge in [-0.05, 0) is 80.8 Å². The Morgan fingerprint density at radius 1 is 1.30 bits per heavy atom. The minimum Gasteiger partial charge on any atom is -0.498 e. The highest BCUT2D eigenvalue weighted by Gasteiger charge is 2.55. The molecular weight excluding hydrogens is 576 g/mol. The number of ether oxygens (including phenoxy) is 2. The van der Waals surface area contributed by atoms with Crippen LogP contribution in [0.15, 0.2) is 41.1 Å². The van der Waals surface area contributed by atoms with Crippen LogP contribution >= 0.6 is 15.9 Å². The fourth-order valence-electron chi connectivity index (χ4n) is 5.19. The van der Waals surface area contributed by atoms with Crippen LogP contribution < -0.4 is 9.64 Å². The molecule has 0 spiro atoms. The van der Waals surface area contributed by atoms with Gasteiger partial charge >= 0.3 is 11.9 Å². The molecule has 3 aromatic rings. The fraction of sp³-hybridized carbons (Fsp3) is 0.400. The monoisotopic (exact) mass is 606 g/mol. The lowest BCUT2D eigenvalue weighted by molar-refractivity contribution is -0.161. The van der Waals surface area contributed by atoms with E-state index in [1.165, 1.54) is 0 Å². The van der Waals surface area contributed by atoms with Crippen molar-refractivity contribution >= 4 is 50.3 Å². The van der Waals surface area contributed by atoms with Gasteiger partial charge in [-0.3, -0.25) is 19.2 Å². The molecule has 2 fully saturated rings. The molecule has 2 aliphatic carbocycles. The van der Waals surface area contributed by atoms with E-state index < -0.39 is 17.5 Å².